The maximum Gasteiger partial charge on any atom is 0.244 e. The smallest absolute Gasteiger partial charge is 0.244 e. The van der Waals surface area contributed by atoms with Gasteiger partial charge in [-0.25, -0.2) is 8.78 Å². The Hall–Kier alpha value is -2.49. The Morgan fingerprint density at radius 1 is 1.16 bits per heavy atom. The number of halogens is 2. The van der Waals surface area contributed by atoms with Gasteiger partial charge in [-0.2, -0.15) is 0 Å². The van der Waals surface area contributed by atoms with Crippen molar-refractivity contribution >= 4 is 12.0 Å². The Morgan fingerprint density at radius 3 is 2.44 bits per heavy atom. The summed E-state index contributed by atoms with van der Waals surface area (Å²) in [4.78, 5) is 12.1. The minimum absolute atomic E-state index is 0.151. The highest BCUT2D eigenvalue weighted by Crippen LogP contribution is 2.64. The molecule has 1 aliphatic rings. The van der Waals surface area contributed by atoms with Crippen LogP contribution < -0.4 is 5.32 Å². The second-order valence-corrected chi connectivity index (χ2v) is 7.23. The fourth-order valence-corrected chi connectivity index (χ4v) is 3.48. The van der Waals surface area contributed by atoms with Crippen LogP contribution in [0.15, 0.2) is 54.6 Å². The van der Waals surface area contributed by atoms with Crippen molar-refractivity contribution in [3.8, 4) is 0 Å². The summed E-state index contributed by atoms with van der Waals surface area (Å²) in [5.74, 6) is -1.38. The number of rotatable bonds is 5. The lowest BCUT2D eigenvalue weighted by Gasteiger charge is -2.22. The molecule has 0 radical (unpaired) electrons. The lowest BCUT2D eigenvalue weighted by molar-refractivity contribution is -0.116. The van der Waals surface area contributed by atoms with Crippen LogP contribution in [0.3, 0.4) is 0 Å². The van der Waals surface area contributed by atoms with E-state index in [0.29, 0.717) is 12.1 Å². The van der Waals surface area contributed by atoms with Crippen molar-refractivity contribution in [1.82, 2.24) is 5.32 Å². The summed E-state index contributed by atoms with van der Waals surface area (Å²) in [7, 11) is 0. The van der Waals surface area contributed by atoms with Gasteiger partial charge in [-0.05, 0) is 35.1 Å². The van der Waals surface area contributed by atoms with E-state index in [2.05, 4.69) is 5.32 Å². The third-order valence-corrected chi connectivity index (χ3v) is 5.15. The van der Waals surface area contributed by atoms with Crippen molar-refractivity contribution in [2.75, 3.05) is 6.54 Å². The molecule has 1 N–H and O–H groups in total. The molecular formula is C21H21F2NO. The molecule has 0 saturated heterocycles. The molecule has 0 spiro atoms. The Bertz CT molecular complexity index is 814. The van der Waals surface area contributed by atoms with Crippen molar-refractivity contribution in [3.05, 3.63) is 77.4 Å². The average Bonchev–Trinajstić information content (AvgIpc) is 3.14. The van der Waals surface area contributed by atoms with Gasteiger partial charge in [-0.1, -0.05) is 50.2 Å². The monoisotopic (exact) mass is 341 g/mol. The van der Waals surface area contributed by atoms with Crippen molar-refractivity contribution in [2.45, 2.75) is 25.7 Å². The highest BCUT2D eigenvalue weighted by Gasteiger charge is 2.62. The molecule has 2 aromatic carbocycles. The zero-order valence-electron chi connectivity index (χ0n) is 14.4. The SMILES string of the molecule is CC1(C)CC1(CNC(=O)/C=C/c1ccccc1)c1ccc(F)cc1F. The molecule has 3 rings (SSSR count). The van der Waals surface area contributed by atoms with Gasteiger partial charge >= 0.3 is 0 Å². The molecule has 130 valence electrons. The summed E-state index contributed by atoms with van der Waals surface area (Å²) in [6.45, 7) is 4.38. The summed E-state index contributed by atoms with van der Waals surface area (Å²) >= 11 is 0. The van der Waals surface area contributed by atoms with Crippen LogP contribution in [0.1, 0.15) is 31.4 Å². The predicted molar refractivity (Wildman–Crippen MR) is 94.9 cm³/mol. The van der Waals surface area contributed by atoms with E-state index in [9.17, 15) is 13.6 Å². The van der Waals surface area contributed by atoms with Crippen molar-refractivity contribution in [1.29, 1.82) is 0 Å². The normalized spacial score (nSPS) is 21.3. The van der Waals surface area contributed by atoms with Gasteiger partial charge in [-0.15, -0.1) is 0 Å². The first-order chi connectivity index (χ1) is 11.8. The summed E-state index contributed by atoms with van der Waals surface area (Å²) in [6, 6.07) is 13.2. The lowest BCUT2D eigenvalue weighted by atomic mass is 9.87. The predicted octanol–water partition coefficient (Wildman–Crippen LogP) is 4.46. The van der Waals surface area contributed by atoms with Crippen LogP contribution in [-0.2, 0) is 10.2 Å². The van der Waals surface area contributed by atoms with E-state index >= 15 is 0 Å². The molecule has 1 atom stereocenters. The van der Waals surface area contributed by atoms with Gasteiger partial charge in [0.15, 0.2) is 0 Å². The van der Waals surface area contributed by atoms with Gasteiger partial charge in [0.25, 0.3) is 0 Å². The highest BCUT2D eigenvalue weighted by atomic mass is 19.1. The third kappa shape index (κ3) is 3.48. The van der Waals surface area contributed by atoms with Gasteiger partial charge in [0.2, 0.25) is 5.91 Å². The van der Waals surface area contributed by atoms with Crippen LogP contribution in [-0.4, -0.2) is 12.5 Å². The van der Waals surface area contributed by atoms with Gasteiger partial charge in [0.05, 0.1) is 0 Å². The van der Waals surface area contributed by atoms with Crippen molar-refractivity contribution in [3.63, 3.8) is 0 Å². The highest BCUT2D eigenvalue weighted by molar-refractivity contribution is 5.91. The van der Waals surface area contributed by atoms with E-state index in [-0.39, 0.29) is 11.3 Å². The Balaban J connectivity index is 1.71. The van der Waals surface area contributed by atoms with E-state index in [1.807, 2.05) is 44.2 Å². The molecule has 1 aliphatic carbocycles. The molecule has 4 heteroatoms. The largest absolute Gasteiger partial charge is 0.352 e. The second kappa shape index (κ2) is 6.43. The molecule has 0 heterocycles. The standard InChI is InChI=1S/C21H21F2NO/c1-20(2)13-21(20,17-10-9-16(22)12-18(17)23)14-24-19(25)11-8-15-6-4-3-5-7-15/h3-12H,13-14H2,1-2H3,(H,24,25)/b11-8+. The fraction of sp³-hybridized carbons (Fsp3) is 0.286. The molecule has 1 saturated carbocycles. The number of nitrogens with one attached hydrogen (secondary N) is 1. The average molecular weight is 341 g/mol. The molecule has 2 nitrogen and oxygen atoms in total. The summed E-state index contributed by atoms with van der Waals surface area (Å²) in [6.07, 6.45) is 3.95. The second-order valence-electron chi connectivity index (χ2n) is 7.23. The van der Waals surface area contributed by atoms with Crippen LogP contribution in [0.5, 0.6) is 0 Å². The van der Waals surface area contributed by atoms with Crippen LogP contribution in [0.25, 0.3) is 6.08 Å². The summed E-state index contributed by atoms with van der Waals surface area (Å²) in [5.41, 5.74) is 0.748. The molecule has 25 heavy (non-hydrogen) atoms. The quantitative estimate of drug-likeness (QED) is 0.799. The van der Waals surface area contributed by atoms with Crippen molar-refractivity contribution in [2.24, 2.45) is 5.41 Å². The molecule has 1 unspecified atom stereocenters. The zero-order chi connectivity index (χ0) is 18.1. The number of hydrogen-bond donors (Lipinski definition) is 1. The number of carbonyl (C=O) groups is 1. The number of amides is 1. The number of hydrogen-bond acceptors (Lipinski definition) is 1. The molecule has 0 bridgehead atoms. The third-order valence-electron chi connectivity index (χ3n) is 5.15. The van der Waals surface area contributed by atoms with E-state index in [0.717, 1.165) is 18.1 Å². The van der Waals surface area contributed by atoms with Crippen LogP contribution >= 0.6 is 0 Å². The first-order valence-electron chi connectivity index (χ1n) is 8.31. The van der Waals surface area contributed by atoms with Gasteiger partial charge < -0.3 is 5.32 Å². The fourth-order valence-electron chi connectivity index (χ4n) is 3.48. The summed E-state index contributed by atoms with van der Waals surface area (Å²) < 4.78 is 27.5. The first-order valence-corrected chi connectivity index (χ1v) is 8.31. The Kier molecular flexibility index (Phi) is 4.46. The van der Waals surface area contributed by atoms with E-state index in [1.54, 1.807) is 6.08 Å². The Morgan fingerprint density at radius 2 is 1.84 bits per heavy atom. The topological polar surface area (TPSA) is 29.1 Å². The zero-order valence-corrected chi connectivity index (χ0v) is 14.4. The molecule has 1 amide bonds. The molecule has 2 aromatic rings. The van der Waals surface area contributed by atoms with Crippen LogP contribution in [0.4, 0.5) is 8.78 Å². The van der Waals surface area contributed by atoms with E-state index in [1.165, 1.54) is 18.2 Å². The van der Waals surface area contributed by atoms with Gasteiger partial charge in [0, 0.05) is 24.1 Å². The lowest BCUT2D eigenvalue weighted by Crippen LogP contribution is -2.34. The molecule has 0 aliphatic heterocycles. The summed E-state index contributed by atoms with van der Waals surface area (Å²) in [5, 5.41) is 2.87. The van der Waals surface area contributed by atoms with Gasteiger partial charge in [-0.3, -0.25) is 4.79 Å². The van der Waals surface area contributed by atoms with E-state index in [4.69, 9.17) is 0 Å². The van der Waals surface area contributed by atoms with Gasteiger partial charge in [0.1, 0.15) is 11.6 Å². The Labute approximate surface area is 146 Å². The molecule has 0 aromatic heterocycles. The van der Waals surface area contributed by atoms with Crippen LogP contribution in [0.2, 0.25) is 0 Å². The first kappa shape index (κ1) is 17.3. The maximum atomic E-state index is 14.3. The minimum Gasteiger partial charge on any atom is -0.352 e. The van der Waals surface area contributed by atoms with Crippen molar-refractivity contribution < 1.29 is 13.6 Å². The minimum atomic E-state index is -0.593. The molecular weight excluding hydrogens is 320 g/mol. The van der Waals surface area contributed by atoms with E-state index < -0.39 is 17.0 Å². The van der Waals surface area contributed by atoms with Crippen LogP contribution in [0, 0.1) is 17.0 Å². The maximum absolute atomic E-state index is 14.3. The molecule has 1 fully saturated rings. The number of benzene rings is 2. The number of carbonyl (C=O) groups excluding carboxylic acids is 1.